The number of carbonyl (C=O) groups excluding carboxylic acids is 2. The van der Waals surface area contributed by atoms with E-state index in [-0.39, 0.29) is 12.5 Å². The molecule has 0 bridgehead atoms. The average molecular weight is 446 g/mol. The number of rotatable bonds is 9. The van der Waals surface area contributed by atoms with E-state index in [1.165, 1.54) is 4.90 Å². The fraction of sp³-hybridized carbons (Fsp3) is 0.391. The largest absolute Gasteiger partial charge is 0.355 e. The van der Waals surface area contributed by atoms with Gasteiger partial charge in [-0.3, -0.25) is 13.9 Å². The third kappa shape index (κ3) is 6.82. The topological polar surface area (TPSA) is 86.8 Å². The van der Waals surface area contributed by atoms with Crippen LogP contribution >= 0.6 is 0 Å². The maximum absolute atomic E-state index is 13.3. The maximum Gasteiger partial charge on any atom is 0.244 e. The highest BCUT2D eigenvalue weighted by Gasteiger charge is 2.29. The standard InChI is InChI=1S/C23H31N3O4S/c1-6-24-23(28)19(4)25(15-20-11-7-17(2)8-12-20)22(27)16-26(31(5,29)30)21-13-9-18(3)10-14-21/h7-14,19H,6,15-16H2,1-5H3,(H,24,28)/t19-/m1/s1. The monoisotopic (exact) mass is 445 g/mol. The highest BCUT2D eigenvalue weighted by molar-refractivity contribution is 7.92. The molecule has 0 spiro atoms. The quantitative estimate of drug-likeness (QED) is 0.643. The SMILES string of the molecule is CCNC(=O)[C@@H](C)N(Cc1ccc(C)cc1)C(=O)CN(c1ccc(C)cc1)S(C)(=O)=O. The first-order valence-electron chi connectivity index (χ1n) is 10.2. The molecule has 168 valence electrons. The van der Waals surface area contributed by atoms with Gasteiger partial charge in [-0.25, -0.2) is 8.42 Å². The predicted molar refractivity (Wildman–Crippen MR) is 123 cm³/mol. The van der Waals surface area contributed by atoms with Crippen LogP contribution in [-0.2, 0) is 26.2 Å². The van der Waals surface area contributed by atoms with E-state index >= 15 is 0 Å². The molecule has 8 heteroatoms. The number of likely N-dealkylation sites (N-methyl/N-ethyl adjacent to an activating group) is 1. The second-order valence-electron chi connectivity index (χ2n) is 7.68. The molecular formula is C23H31N3O4S. The minimum atomic E-state index is -3.71. The summed E-state index contributed by atoms with van der Waals surface area (Å²) in [6.45, 7) is 7.56. The molecule has 0 radical (unpaired) electrons. The van der Waals surface area contributed by atoms with E-state index in [0.29, 0.717) is 12.2 Å². The van der Waals surface area contributed by atoms with Crippen LogP contribution in [0, 0.1) is 13.8 Å². The van der Waals surface area contributed by atoms with Crippen LogP contribution in [0.4, 0.5) is 5.69 Å². The van der Waals surface area contributed by atoms with Crippen molar-refractivity contribution < 1.29 is 18.0 Å². The van der Waals surface area contributed by atoms with E-state index in [9.17, 15) is 18.0 Å². The molecule has 31 heavy (non-hydrogen) atoms. The number of nitrogens with one attached hydrogen (secondary N) is 1. The summed E-state index contributed by atoms with van der Waals surface area (Å²) >= 11 is 0. The Morgan fingerprint density at radius 2 is 1.48 bits per heavy atom. The van der Waals surface area contributed by atoms with E-state index < -0.39 is 28.5 Å². The Morgan fingerprint density at radius 3 is 1.97 bits per heavy atom. The lowest BCUT2D eigenvalue weighted by Gasteiger charge is -2.31. The first-order chi connectivity index (χ1) is 14.5. The molecule has 1 atom stereocenters. The predicted octanol–water partition coefficient (Wildman–Crippen LogP) is 2.62. The van der Waals surface area contributed by atoms with Gasteiger partial charge in [0.1, 0.15) is 12.6 Å². The van der Waals surface area contributed by atoms with Gasteiger partial charge in [0.2, 0.25) is 21.8 Å². The highest BCUT2D eigenvalue weighted by Crippen LogP contribution is 2.19. The normalized spacial score (nSPS) is 12.2. The molecule has 0 fully saturated rings. The lowest BCUT2D eigenvalue weighted by Crippen LogP contribution is -2.51. The molecule has 0 aromatic heterocycles. The summed E-state index contributed by atoms with van der Waals surface area (Å²) in [5.74, 6) is -0.741. The van der Waals surface area contributed by atoms with Crippen molar-refractivity contribution >= 4 is 27.5 Å². The lowest BCUT2D eigenvalue weighted by molar-refractivity contribution is -0.139. The Labute approximate surface area is 185 Å². The Morgan fingerprint density at radius 1 is 0.968 bits per heavy atom. The van der Waals surface area contributed by atoms with Crippen LogP contribution in [0.3, 0.4) is 0 Å². The summed E-state index contributed by atoms with van der Waals surface area (Å²) in [6, 6.07) is 13.8. The molecule has 2 aromatic carbocycles. The van der Waals surface area contributed by atoms with Crippen molar-refractivity contribution in [3.63, 3.8) is 0 Å². The van der Waals surface area contributed by atoms with Crippen LogP contribution in [0.25, 0.3) is 0 Å². The zero-order valence-corrected chi connectivity index (χ0v) is 19.6. The summed E-state index contributed by atoms with van der Waals surface area (Å²) in [5.41, 5.74) is 3.33. The number of benzene rings is 2. The third-order valence-electron chi connectivity index (χ3n) is 4.99. The second-order valence-corrected chi connectivity index (χ2v) is 9.59. The smallest absolute Gasteiger partial charge is 0.244 e. The van der Waals surface area contributed by atoms with Gasteiger partial charge >= 0.3 is 0 Å². The number of nitrogens with zero attached hydrogens (tertiary/aromatic N) is 2. The molecule has 1 N–H and O–H groups in total. The lowest BCUT2D eigenvalue weighted by atomic mass is 10.1. The number of aryl methyl sites for hydroxylation is 2. The minimum absolute atomic E-state index is 0.197. The number of sulfonamides is 1. The molecule has 0 saturated heterocycles. The van der Waals surface area contributed by atoms with Gasteiger partial charge in [0.05, 0.1) is 11.9 Å². The Balaban J connectivity index is 2.35. The summed E-state index contributed by atoms with van der Waals surface area (Å²) in [7, 11) is -3.71. The Bertz CT molecular complexity index is 1000. The minimum Gasteiger partial charge on any atom is -0.355 e. The van der Waals surface area contributed by atoms with E-state index in [0.717, 1.165) is 27.3 Å². The molecule has 0 aliphatic rings. The fourth-order valence-electron chi connectivity index (χ4n) is 3.12. The number of anilines is 1. The van der Waals surface area contributed by atoms with Gasteiger partial charge in [-0.05, 0) is 45.4 Å². The van der Waals surface area contributed by atoms with Crippen molar-refractivity contribution in [2.45, 2.75) is 40.3 Å². The highest BCUT2D eigenvalue weighted by atomic mass is 32.2. The van der Waals surface area contributed by atoms with Crippen LogP contribution in [0.2, 0.25) is 0 Å². The summed E-state index contributed by atoms with van der Waals surface area (Å²) in [5, 5.41) is 2.73. The van der Waals surface area contributed by atoms with Crippen molar-refractivity contribution in [3.05, 3.63) is 65.2 Å². The van der Waals surface area contributed by atoms with Crippen LogP contribution in [0.5, 0.6) is 0 Å². The molecule has 2 rings (SSSR count). The van der Waals surface area contributed by atoms with Crippen LogP contribution in [0.15, 0.2) is 48.5 Å². The molecular weight excluding hydrogens is 414 g/mol. The Kier molecular flexibility index (Phi) is 8.21. The zero-order chi connectivity index (χ0) is 23.2. The fourth-order valence-corrected chi connectivity index (χ4v) is 3.97. The molecule has 0 aliphatic carbocycles. The first-order valence-corrected chi connectivity index (χ1v) is 12.0. The molecule has 0 heterocycles. The second kappa shape index (κ2) is 10.4. The van der Waals surface area contributed by atoms with Gasteiger partial charge in [0, 0.05) is 13.1 Å². The summed E-state index contributed by atoms with van der Waals surface area (Å²) < 4.78 is 26.0. The van der Waals surface area contributed by atoms with Gasteiger partial charge in [0.15, 0.2) is 0 Å². The van der Waals surface area contributed by atoms with E-state index in [1.54, 1.807) is 38.1 Å². The molecule has 0 aliphatic heterocycles. The summed E-state index contributed by atoms with van der Waals surface area (Å²) in [4.78, 5) is 27.2. The number of carbonyl (C=O) groups is 2. The third-order valence-corrected chi connectivity index (χ3v) is 6.13. The van der Waals surface area contributed by atoms with Gasteiger partial charge in [0.25, 0.3) is 0 Å². The average Bonchev–Trinajstić information content (AvgIpc) is 2.71. The van der Waals surface area contributed by atoms with Crippen LogP contribution in [0.1, 0.15) is 30.5 Å². The van der Waals surface area contributed by atoms with Gasteiger partial charge in [-0.1, -0.05) is 47.5 Å². The van der Waals surface area contributed by atoms with Gasteiger partial charge < -0.3 is 10.2 Å². The van der Waals surface area contributed by atoms with Gasteiger partial charge in [-0.2, -0.15) is 0 Å². The van der Waals surface area contributed by atoms with Crippen molar-refractivity contribution in [1.29, 1.82) is 0 Å². The number of hydrogen-bond donors (Lipinski definition) is 1. The molecule has 0 unspecified atom stereocenters. The van der Waals surface area contributed by atoms with Crippen molar-refractivity contribution in [2.24, 2.45) is 0 Å². The molecule has 2 amide bonds. The number of amides is 2. The van der Waals surface area contributed by atoms with E-state index in [4.69, 9.17) is 0 Å². The summed E-state index contributed by atoms with van der Waals surface area (Å²) in [6.07, 6.45) is 1.07. The molecule has 2 aromatic rings. The number of hydrogen-bond acceptors (Lipinski definition) is 4. The molecule has 0 saturated carbocycles. The van der Waals surface area contributed by atoms with Crippen LogP contribution in [-0.4, -0.2) is 50.5 Å². The van der Waals surface area contributed by atoms with Crippen molar-refractivity contribution in [1.82, 2.24) is 10.2 Å². The molecule has 7 nitrogen and oxygen atoms in total. The van der Waals surface area contributed by atoms with E-state index in [2.05, 4.69) is 5.32 Å². The Hall–Kier alpha value is -2.87. The van der Waals surface area contributed by atoms with Crippen LogP contribution < -0.4 is 9.62 Å². The maximum atomic E-state index is 13.3. The van der Waals surface area contributed by atoms with Gasteiger partial charge in [-0.15, -0.1) is 0 Å². The van der Waals surface area contributed by atoms with Crippen molar-refractivity contribution in [3.8, 4) is 0 Å². The first kappa shape index (κ1) is 24.4. The van der Waals surface area contributed by atoms with E-state index in [1.807, 2.05) is 38.1 Å². The van der Waals surface area contributed by atoms with Crippen molar-refractivity contribution in [2.75, 3.05) is 23.7 Å². The zero-order valence-electron chi connectivity index (χ0n) is 18.8.